The van der Waals surface area contributed by atoms with E-state index in [4.69, 9.17) is 11.0 Å². The Hall–Kier alpha value is -2.13. The molecule has 0 saturated heterocycles. The Balaban J connectivity index is 3.30. The summed E-state index contributed by atoms with van der Waals surface area (Å²) in [5.74, 6) is -0.170. The van der Waals surface area contributed by atoms with Crippen LogP contribution in [0.15, 0.2) is 12.1 Å². The van der Waals surface area contributed by atoms with E-state index in [1.54, 1.807) is 0 Å². The molecule has 0 radical (unpaired) electrons. The van der Waals surface area contributed by atoms with Crippen molar-refractivity contribution >= 4 is 5.69 Å². The Labute approximate surface area is 105 Å². The van der Waals surface area contributed by atoms with Gasteiger partial charge in [-0.1, -0.05) is 13.8 Å². The first kappa shape index (κ1) is 13.9. The quantitative estimate of drug-likeness (QED) is 0.627. The minimum Gasteiger partial charge on any atom is -0.502 e. The van der Waals surface area contributed by atoms with Crippen LogP contribution >= 0.6 is 0 Å². The topological polar surface area (TPSA) is 113 Å². The van der Waals surface area contributed by atoms with Crippen molar-refractivity contribution in [2.75, 3.05) is 0 Å². The zero-order chi connectivity index (χ0) is 13.9. The van der Waals surface area contributed by atoms with Crippen LogP contribution in [0.4, 0.5) is 5.69 Å². The molecule has 0 aliphatic heterocycles. The Morgan fingerprint density at radius 3 is 2.61 bits per heavy atom. The average molecular weight is 249 g/mol. The summed E-state index contributed by atoms with van der Waals surface area (Å²) in [6.07, 6.45) is 0.569. The highest BCUT2D eigenvalue weighted by molar-refractivity contribution is 5.56. The summed E-state index contributed by atoms with van der Waals surface area (Å²) in [6.45, 7) is 3.92. The number of nitrogens with zero attached hydrogens (tertiary/aromatic N) is 2. The third-order valence-corrected chi connectivity index (χ3v) is 2.57. The molecule has 6 heteroatoms. The number of aromatic hydroxyl groups is 1. The Morgan fingerprint density at radius 1 is 1.56 bits per heavy atom. The Morgan fingerprint density at radius 2 is 2.17 bits per heavy atom. The van der Waals surface area contributed by atoms with Gasteiger partial charge in [0.05, 0.1) is 16.6 Å². The van der Waals surface area contributed by atoms with Crippen molar-refractivity contribution in [2.24, 2.45) is 11.7 Å². The first-order chi connectivity index (χ1) is 8.36. The van der Waals surface area contributed by atoms with Gasteiger partial charge in [-0.3, -0.25) is 10.1 Å². The molecule has 1 rings (SSSR count). The van der Waals surface area contributed by atoms with Gasteiger partial charge in [0, 0.05) is 17.7 Å². The summed E-state index contributed by atoms with van der Waals surface area (Å²) >= 11 is 0. The molecule has 6 nitrogen and oxygen atoms in total. The van der Waals surface area contributed by atoms with Crippen LogP contribution in [0.5, 0.6) is 5.75 Å². The fourth-order valence-corrected chi connectivity index (χ4v) is 1.76. The maximum atomic E-state index is 10.8. The van der Waals surface area contributed by atoms with Gasteiger partial charge in [-0.2, -0.15) is 5.26 Å². The molecule has 96 valence electrons. The number of rotatable bonds is 4. The molecule has 0 heterocycles. The second-order valence-corrected chi connectivity index (χ2v) is 4.54. The first-order valence-electron chi connectivity index (χ1n) is 5.53. The third-order valence-electron chi connectivity index (χ3n) is 2.57. The van der Waals surface area contributed by atoms with E-state index in [-0.39, 0.29) is 17.0 Å². The molecule has 3 N–H and O–H groups in total. The van der Waals surface area contributed by atoms with Gasteiger partial charge in [0.15, 0.2) is 5.75 Å². The summed E-state index contributed by atoms with van der Waals surface area (Å²) in [7, 11) is 0. The minimum atomic E-state index is -0.720. The number of nitrogens with two attached hydrogens (primary N) is 1. The number of nitro groups is 1. The highest BCUT2D eigenvalue weighted by Crippen LogP contribution is 2.35. The molecular formula is C12H15N3O3. The number of nitro benzene ring substituents is 1. The highest BCUT2D eigenvalue weighted by atomic mass is 16.6. The summed E-state index contributed by atoms with van der Waals surface area (Å²) in [5, 5.41) is 29.4. The van der Waals surface area contributed by atoms with Crippen molar-refractivity contribution in [2.45, 2.75) is 26.3 Å². The zero-order valence-corrected chi connectivity index (χ0v) is 10.3. The third kappa shape index (κ3) is 2.96. The van der Waals surface area contributed by atoms with E-state index in [1.165, 1.54) is 6.07 Å². The normalized spacial score (nSPS) is 12.2. The van der Waals surface area contributed by atoms with E-state index in [1.807, 2.05) is 19.9 Å². The van der Waals surface area contributed by atoms with E-state index in [0.29, 0.717) is 6.42 Å². The number of benzene rings is 1. The number of hydrogen-bond acceptors (Lipinski definition) is 5. The summed E-state index contributed by atoms with van der Waals surface area (Å²) in [4.78, 5) is 10.1. The molecule has 0 saturated carbocycles. The second kappa shape index (κ2) is 5.47. The predicted octanol–water partition coefficient (Wildman–Crippen LogP) is 2.22. The predicted molar refractivity (Wildman–Crippen MR) is 65.9 cm³/mol. The number of hydrogen-bond donors (Lipinski definition) is 2. The number of phenols is 1. The van der Waals surface area contributed by atoms with Crippen LogP contribution in [0, 0.1) is 27.4 Å². The molecule has 18 heavy (non-hydrogen) atoms. The molecule has 1 aromatic rings. The lowest BCUT2D eigenvalue weighted by Gasteiger charge is -2.16. The number of nitriles is 1. The lowest BCUT2D eigenvalue weighted by Crippen LogP contribution is -2.13. The van der Waals surface area contributed by atoms with Gasteiger partial charge in [-0.15, -0.1) is 0 Å². The van der Waals surface area contributed by atoms with Crippen molar-refractivity contribution in [3.05, 3.63) is 33.4 Å². The van der Waals surface area contributed by atoms with Crippen molar-refractivity contribution in [3.63, 3.8) is 0 Å². The molecule has 0 amide bonds. The van der Waals surface area contributed by atoms with E-state index < -0.39 is 22.4 Å². The summed E-state index contributed by atoms with van der Waals surface area (Å²) < 4.78 is 0. The van der Waals surface area contributed by atoms with Crippen LogP contribution in [-0.2, 0) is 0 Å². The van der Waals surface area contributed by atoms with Gasteiger partial charge < -0.3 is 10.8 Å². The lowest BCUT2D eigenvalue weighted by atomic mass is 9.95. The Kier molecular flexibility index (Phi) is 4.23. The van der Waals surface area contributed by atoms with Gasteiger partial charge in [-0.05, 0) is 18.4 Å². The molecule has 1 aromatic carbocycles. The van der Waals surface area contributed by atoms with Crippen molar-refractivity contribution < 1.29 is 10.0 Å². The SMILES string of the molecule is CC(C)C[C@@H](N)c1cc(C#N)cc([N+](=O)[O-])c1O. The molecule has 1 atom stereocenters. The maximum Gasteiger partial charge on any atom is 0.312 e. The van der Waals surface area contributed by atoms with Crippen LogP contribution in [0.1, 0.15) is 37.4 Å². The van der Waals surface area contributed by atoms with Gasteiger partial charge in [0.1, 0.15) is 0 Å². The molecule has 0 spiro atoms. The van der Waals surface area contributed by atoms with E-state index in [9.17, 15) is 15.2 Å². The van der Waals surface area contributed by atoms with E-state index in [0.717, 1.165) is 6.07 Å². The van der Waals surface area contributed by atoms with Gasteiger partial charge in [-0.25, -0.2) is 0 Å². The van der Waals surface area contributed by atoms with Crippen LogP contribution in [0.3, 0.4) is 0 Å². The van der Waals surface area contributed by atoms with Crippen LogP contribution in [0.25, 0.3) is 0 Å². The Bertz CT molecular complexity index is 506. The molecule has 0 unspecified atom stereocenters. The fraction of sp³-hybridized carbons (Fsp3) is 0.417. The van der Waals surface area contributed by atoms with E-state index in [2.05, 4.69) is 0 Å². The standard InChI is InChI=1S/C12H15N3O3/c1-7(2)3-10(14)9-4-8(6-13)5-11(12(9)16)15(17)18/h4-5,7,10,16H,3,14H2,1-2H3/t10-/m1/s1. The van der Waals surface area contributed by atoms with Crippen molar-refractivity contribution in [1.82, 2.24) is 0 Å². The van der Waals surface area contributed by atoms with Gasteiger partial charge >= 0.3 is 5.69 Å². The molecule has 0 fully saturated rings. The monoisotopic (exact) mass is 249 g/mol. The lowest BCUT2D eigenvalue weighted by molar-refractivity contribution is -0.386. The highest BCUT2D eigenvalue weighted by Gasteiger charge is 2.23. The summed E-state index contributed by atoms with van der Waals surface area (Å²) in [6, 6.07) is 3.74. The number of phenolic OH excluding ortho intramolecular Hbond substituents is 1. The molecular weight excluding hydrogens is 234 g/mol. The van der Waals surface area contributed by atoms with Crippen molar-refractivity contribution in [1.29, 1.82) is 5.26 Å². The largest absolute Gasteiger partial charge is 0.502 e. The fourth-order valence-electron chi connectivity index (χ4n) is 1.76. The smallest absolute Gasteiger partial charge is 0.312 e. The zero-order valence-electron chi connectivity index (χ0n) is 10.3. The van der Waals surface area contributed by atoms with Gasteiger partial charge in [0.2, 0.25) is 0 Å². The molecule has 0 aliphatic rings. The van der Waals surface area contributed by atoms with Crippen LogP contribution in [-0.4, -0.2) is 10.0 Å². The molecule has 0 bridgehead atoms. The average Bonchev–Trinajstić information content (AvgIpc) is 2.27. The van der Waals surface area contributed by atoms with E-state index >= 15 is 0 Å². The molecule has 0 aromatic heterocycles. The molecule has 0 aliphatic carbocycles. The maximum absolute atomic E-state index is 10.8. The van der Waals surface area contributed by atoms with Crippen LogP contribution < -0.4 is 5.73 Å². The van der Waals surface area contributed by atoms with Crippen LogP contribution in [0.2, 0.25) is 0 Å². The minimum absolute atomic E-state index is 0.119. The summed E-state index contributed by atoms with van der Waals surface area (Å²) in [5.41, 5.74) is 5.78. The van der Waals surface area contributed by atoms with Crippen molar-refractivity contribution in [3.8, 4) is 11.8 Å². The first-order valence-corrected chi connectivity index (χ1v) is 5.53. The second-order valence-electron chi connectivity index (χ2n) is 4.54. The van der Waals surface area contributed by atoms with Gasteiger partial charge in [0.25, 0.3) is 0 Å².